The minimum absolute atomic E-state index is 0.786. The fraction of sp³-hybridized carbons (Fsp3) is 0.400. The summed E-state index contributed by atoms with van der Waals surface area (Å²) in [6.45, 7) is 5.65. The third-order valence-electron chi connectivity index (χ3n) is 3.65. The van der Waals surface area contributed by atoms with Crippen molar-refractivity contribution in [2.24, 2.45) is 0 Å². The number of aromatic nitrogens is 3. The van der Waals surface area contributed by atoms with Gasteiger partial charge in [-0.25, -0.2) is 15.0 Å². The largest absolute Gasteiger partial charge is 0.495 e. The lowest BCUT2D eigenvalue weighted by Crippen LogP contribution is -2.47. The fourth-order valence-corrected chi connectivity index (χ4v) is 2.46. The van der Waals surface area contributed by atoms with Gasteiger partial charge in [-0.3, -0.25) is 0 Å². The molecule has 1 aliphatic rings. The Labute approximate surface area is 124 Å². The predicted octanol–water partition coefficient (Wildman–Crippen LogP) is 1.52. The molecular weight excluding hydrogens is 266 g/mol. The molecule has 0 aromatic carbocycles. The molecular formula is C15H19N5O. The smallest absolute Gasteiger partial charge is 0.137 e. The summed E-state index contributed by atoms with van der Waals surface area (Å²) in [4.78, 5) is 17.6. The lowest BCUT2D eigenvalue weighted by atomic mass is 10.3. The zero-order valence-electron chi connectivity index (χ0n) is 12.4. The number of hydrogen-bond donors (Lipinski definition) is 0. The van der Waals surface area contributed by atoms with Crippen LogP contribution < -0.4 is 14.5 Å². The third-order valence-corrected chi connectivity index (χ3v) is 3.65. The van der Waals surface area contributed by atoms with Crippen LogP contribution in [0, 0.1) is 6.92 Å². The van der Waals surface area contributed by atoms with Gasteiger partial charge in [0.05, 0.1) is 13.3 Å². The molecule has 0 saturated carbocycles. The van der Waals surface area contributed by atoms with Gasteiger partial charge in [0.15, 0.2) is 0 Å². The van der Waals surface area contributed by atoms with Gasteiger partial charge >= 0.3 is 0 Å². The maximum Gasteiger partial charge on any atom is 0.137 e. The summed E-state index contributed by atoms with van der Waals surface area (Å²) in [5.74, 6) is 3.60. The molecule has 110 valence electrons. The van der Waals surface area contributed by atoms with E-state index in [1.54, 1.807) is 13.3 Å². The second kappa shape index (κ2) is 5.95. The highest BCUT2D eigenvalue weighted by molar-refractivity contribution is 5.45. The van der Waals surface area contributed by atoms with Crippen LogP contribution in [0.15, 0.2) is 30.6 Å². The molecule has 0 unspecified atom stereocenters. The van der Waals surface area contributed by atoms with Gasteiger partial charge in [0.1, 0.15) is 23.2 Å². The maximum absolute atomic E-state index is 5.14. The van der Waals surface area contributed by atoms with E-state index in [1.807, 2.05) is 31.3 Å². The number of anilines is 2. The first-order chi connectivity index (χ1) is 10.3. The van der Waals surface area contributed by atoms with Gasteiger partial charge in [0, 0.05) is 32.4 Å². The molecule has 1 saturated heterocycles. The van der Waals surface area contributed by atoms with Crippen molar-refractivity contribution in [2.75, 3.05) is 43.1 Å². The van der Waals surface area contributed by atoms with E-state index in [4.69, 9.17) is 4.74 Å². The van der Waals surface area contributed by atoms with Crippen molar-refractivity contribution < 1.29 is 4.74 Å². The van der Waals surface area contributed by atoms with Crippen molar-refractivity contribution in [1.29, 1.82) is 0 Å². The Morgan fingerprint density at radius 3 is 2.24 bits per heavy atom. The first-order valence-electron chi connectivity index (χ1n) is 7.06. The Balaban J connectivity index is 1.64. The normalized spacial score (nSPS) is 15.1. The zero-order chi connectivity index (χ0) is 14.7. The monoisotopic (exact) mass is 285 g/mol. The number of aryl methyl sites for hydroxylation is 1. The zero-order valence-corrected chi connectivity index (χ0v) is 12.4. The Morgan fingerprint density at radius 1 is 0.952 bits per heavy atom. The van der Waals surface area contributed by atoms with E-state index in [9.17, 15) is 0 Å². The minimum atomic E-state index is 0.786. The second-order valence-corrected chi connectivity index (χ2v) is 4.99. The molecule has 0 bridgehead atoms. The summed E-state index contributed by atoms with van der Waals surface area (Å²) < 4.78 is 5.14. The molecule has 1 fully saturated rings. The van der Waals surface area contributed by atoms with Crippen molar-refractivity contribution in [3.8, 4) is 5.75 Å². The average molecular weight is 285 g/mol. The summed E-state index contributed by atoms with van der Waals surface area (Å²) >= 11 is 0. The molecule has 1 aliphatic heterocycles. The highest BCUT2D eigenvalue weighted by Crippen LogP contribution is 2.19. The molecule has 3 rings (SSSR count). The Kier molecular flexibility index (Phi) is 3.85. The molecule has 6 heteroatoms. The molecule has 0 aliphatic carbocycles. The summed E-state index contributed by atoms with van der Waals surface area (Å²) in [5.41, 5.74) is 0. The van der Waals surface area contributed by atoms with Crippen molar-refractivity contribution in [1.82, 2.24) is 15.0 Å². The standard InChI is InChI=1S/C15H19N5O/c1-12-16-6-5-15(18-12)20-9-7-19(8-10-20)14-4-3-13(21-2)11-17-14/h3-6,11H,7-10H2,1-2H3. The Morgan fingerprint density at radius 2 is 1.67 bits per heavy atom. The van der Waals surface area contributed by atoms with E-state index in [0.717, 1.165) is 49.4 Å². The van der Waals surface area contributed by atoms with Crippen molar-refractivity contribution in [3.05, 3.63) is 36.4 Å². The molecule has 2 aromatic heterocycles. The first kappa shape index (κ1) is 13.6. The second-order valence-electron chi connectivity index (χ2n) is 4.99. The summed E-state index contributed by atoms with van der Waals surface area (Å²) in [6, 6.07) is 5.92. The van der Waals surface area contributed by atoms with Gasteiger partial charge in [0.2, 0.25) is 0 Å². The molecule has 2 aromatic rings. The van der Waals surface area contributed by atoms with E-state index >= 15 is 0 Å². The van der Waals surface area contributed by atoms with E-state index < -0.39 is 0 Å². The van der Waals surface area contributed by atoms with Crippen LogP contribution in [-0.4, -0.2) is 48.2 Å². The number of ether oxygens (including phenoxy) is 1. The Hall–Kier alpha value is -2.37. The lowest BCUT2D eigenvalue weighted by molar-refractivity contribution is 0.413. The first-order valence-corrected chi connectivity index (χ1v) is 7.06. The van der Waals surface area contributed by atoms with E-state index in [-0.39, 0.29) is 0 Å². The van der Waals surface area contributed by atoms with Crippen molar-refractivity contribution in [3.63, 3.8) is 0 Å². The minimum Gasteiger partial charge on any atom is -0.495 e. The van der Waals surface area contributed by atoms with Crippen LogP contribution in [0.25, 0.3) is 0 Å². The molecule has 0 radical (unpaired) electrons. The number of pyridine rings is 1. The SMILES string of the molecule is COc1ccc(N2CCN(c3ccnc(C)n3)CC2)nc1. The molecule has 0 N–H and O–H groups in total. The van der Waals surface area contributed by atoms with Crippen LogP contribution in [0.4, 0.5) is 11.6 Å². The van der Waals surface area contributed by atoms with Crippen molar-refractivity contribution >= 4 is 11.6 Å². The van der Waals surface area contributed by atoms with Crippen molar-refractivity contribution in [2.45, 2.75) is 6.92 Å². The predicted molar refractivity (Wildman–Crippen MR) is 82.0 cm³/mol. The topological polar surface area (TPSA) is 54.4 Å². The molecule has 6 nitrogen and oxygen atoms in total. The molecule has 3 heterocycles. The summed E-state index contributed by atoms with van der Waals surface area (Å²) in [6.07, 6.45) is 3.57. The van der Waals surface area contributed by atoms with Crippen LogP contribution in [0.2, 0.25) is 0 Å². The summed E-state index contributed by atoms with van der Waals surface area (Å²) in [5, 5.41) is 0. The Bertz CT molecular complexity index is 593. The quantitative estimate of drug-likeness (QED) is 0.852. The van der Waals surface area contributed by atoms with E-state index in [1.165, 1.54) is 0 Å². The number of piperazine rings is 1. The highest BCUT2D eigenvalue weighted by Gasteiger charge is 2.19. The number of nitrogens with zero attached hydrogens (tertiary/aromatic N) is 5. The molecule has 21 heavy (non-hydrogen) atoms. The number of hydrogen-bond acceptors (Lipinski definition) is 6. The summed E-state index contributed by atoms with van der Waals surface area (Å²) in [7, 11) is 1.65. The highest BCUT2D eigenvalue weighted by atomic mass is 16.5. The molecule has 0 atom stereocenters. The van der Waals surface area contributed by atoms with Crippen LogP contribution >= 0.6 is 0 Å². The lowest BCUT2D eigenvalue weighted by Gasteiger charge is -2.36. The van der Waals surface area contributed by atoms with E-state index in [2.05, 4.69) is 24.8 Å². The van der Waals surface area contributed by atoms with Crippen LogP contribution in [0.1, 0.15) is 5.82 Å². The maximum atomic E-state index is 5.14. The van der Waals surface area contributed by atoms with Gasteiger partial charge in [-0.15, -0.1) is 0 Å². The van der Waals surface area contributed by atoms with Gasteiger partial charge in [-0.2, -0.15) is 0 Å². The molecule has 0 spiro atoms. The van der Waals surface area contributed by atoms with Gasteiger partial charge in [0.25, 0.3) is 0 Å². The van der Waals surface area contributed by atoms with Crippen LogP contribution in [0.5, 0.6) is 5.75 Å². The average Bonchev–Trinajstić information content (AvgIpc) is 2.55. The van der Waals surface area contributed by atoms with Gasteiger partial charge in [-0.05, 0) is 25.1 Å². The van der Waals surface area contributed by atoms with E-state index in [0.29, 0.717) is 0 Å². The van der Waals surface area contributed by atoms with Gasteiger partial charge in [-0.1, -0.05) is 0 Å². The number of methoxy groups -OCH3 is 1. The van der Waals surface area contributed by atoms with Crippen LogP contribution in [0.3, 0.4) is 0 Å². The fourth-order valence-electron chi connectivity index (χ4n) is 2.46. The van der Waals surface area contributed by atoms with Gasteiger partial charge < -0.3 is 14.5 Å². The van der Waals surface area contributed by atoms with Crippen LogP contribution in [-0.2, 0) is 0 Å². The molecule has 0 amide bonds. The number of rotatable bonds is 3. The third kappa shape index (κ3) is 3.04.